The van der Waals surface area contributed by atoms with Crippen molar-refractivity contribution >= 4 is 26.9 Å². The highest BCUT2D eigenvalue weighted by molar-refractivity contribution is 9.10. The van der Waals surface area contributed by atoms with Gasteiger partial charge >= 0.3 is 0 Å². The predicted molar refractivity (Wildman–Crippen MR) is 52.9 cm³/mol. The molecule has 2 aromatic rings. The molecule has 2 rings (SSSR count). The number of fused-ring (bicyclic) bond motifs is 1. The predicted octanol–water partition coefficient (Wildman–Crippen LogP) is 2.99. The number of aromatic nitrogens is 1. The van der Waals surface area contributed by atoms with E-state index in [1.54, 1.807) is 12.4 Å². The molecule has 0 amide bonds. The lowest BCUT2D eigenvalue weighted by atomic mass is 10.3. The first-order valence-electron chi connectivity index (χ1n) is 3.97. The van der Waals surface area contributed by atoms with E-state index in [0.29, 0.717) is 11.3 Å². The van der Waals surface area contributed by atoms with Gasteiger partial charge < -0.3 is 9.15 Å². The number of ether oxygens (including phenoxy) is 1. The number of hydrogen-bond acceptors (Lipinski definition) is 3. The largest absolute Gasteiger partial charge is 0.489 e. The standard InChI is InChI=1S/C9H8BrNO2/c1-2-12-8-6-3-4-11-5-7(6)13-9(8)10/h3-5H,2H2,1H3. The van der Waals surface area contributed by atoms with E-state index in [-0.39, 0.29) is 0 Å². The zero-order valence-electron chi connectivity index (χ0n) is 7.08. The number of rotatable bonds is 2. The number of hydrogen-bond donors (Lipinski definition) is 0. The van der Waals surface area contributed by atoms with Crippen molar-refractivity contribution in [3.05, 3.63) is 23.1 Å². The lowest BCUT2D eigenvalue weighted by Gasteiger charge is -1.98. The molecule has 0 aliphatic heterocycles. The summed E-state index contributed by atoms with van der Waals surface area (Å²) in [5.41, 5.74) is 0.734. The van der Waals surface area contributed by atoms with Crippen LogP contribution in [-0.4, -0.2) is 11.6 Å². The van der Waals surface area contributed by atoms with Crippen LogP contribution in [0.2, 0.25) is 0 Å². The Morgan fingerprint density at radius 2 is 2.46 bits per heavy atom. The molecule has 0 N–H and O–H groups in total. The third kappa shape index (κ3) is 1.42. The summed E-state index contributed by atoms with van der Waals surface area (Å²) < 4.78 is 11.4. The van der Waals surface area contributed by atoms with Crippen LogP contribution in [0.4, 0.5) is 0 Å². The molecule has 0 bridgehead atoms. The van der Waals surface area contributed by atoms with Crippen LogP contribution in [0.25, 0.3) is 11.0 Å². The maximum Gasteiger partial charge on any atom is 0.212 e. The van der Waals surface area contributed by atoms with Gasteiger partial charge in [0, 0.05) is 6.20 Å². The van der Waals surface area contributed by atoms with Gasteiger partial charge in [0.1, 0.15) is 0 Å². The van der Waals surface area contributed by atoms with E-state index in [0.717, 1.165) is 16.7 Å². The van der Waals surface area contributed by atoms with Crippen molar-refractivity contribution in [2.75, 3.05) is 6.61 Å². The fourth-order valence-corrected chi connectivity index (χ4v) is 1.68. The van der Waals surface area contributed by atoms with Crippen molar-refractivity contribution in [3.63, 3.8) is 0 Å². The fourth-order valence-electron chi connectivity index (χ4n) is 1.18. The van der Waals surface area contributed by atoms with Gasteiger partial charge in [-0.1, -0.05) is 0 Å². The SMILES string of the molecule is CCOc1c(Br)oc2cnccc12. The molecule has 0 unspecified atom stereocenters. The highest BCUT2D eigenvalue weighted by Crippen LogP contribution is 2.36. The van der Waals surface area contributed by atoms with E-state index in [1.807, 2.05) is 13.0 Å². The molecule has 0 atom stereocenters. The van der Waals surface area contributed by atoms with Crippen LogP contribution in [0, 0.1) is 0 Å². The van der Waals surface area contributed by atoms with E-state index in [2.05, 4.69) is 20.9 Å². The molecule has 0 aliphatic rings. The first-order chi connectivity index (χ1) is 6.33. The van der Waals surface area contributed by atoms with Crippen LogP contribution in [0.5, 0.6) is 5.75 Å². The smallest absolute Gasteiger partial charge is 0.212 e. The normalized spacial score (nSPS) is 10.6. The van der Waals surface area contributed by atoms with Gasteiger partial charge in [0.2, 0.25) is 4.67 Å². The third-order valence-corrected chi connectivity index (χ3v) is 2.22. The van der Waals surface area contributed by atoms with Crippen LogP contribution in [0.15, 0.2) is 27.5 Å². The van der Waals surface area contributed by atoms with Crippen LogP contribution in [0.1, 0.15) is 6.92 Å². The van der Waals surface area contributed by atoms with E-state index < -0.39 is 0 Å². The van der Waals surface area contributed by atoms with Crippen LogP contribution < -0.4 is 4.74 Å². The van der Waals surface area contributed by atoms with Crippen molar-refractivity contribution in [2.45, 2.75) is 6.92 Å². The number of furan rings is 1. The van der Waals surface area contributed by atoms with E-state index in [4.69, 9.17) is 9.15 Å². The van der Waals surface area contributed by atoms with Gasteiger partial charge in [-0.2, -0.15) is 0 Å². The fraction of sp³-hybridized carbons (Fsp3) is 0.222. The molecule has 0 fully saturated rings. The number of nitrogens with zero attached hydrogens (tertiary/aromatic N) is 1. The topological polar surface area (TPSA) is 35.3 Å². The van der Waals surface area contributed by atoms with Crippen molar-refractivity contribution in [1.29, 1.82) is 0 Å². The molecule has 13 heavy (non-hydrogen) atoms. The maximum atomic E-state index is 5.42. The second-order valence-corrected chi connectivity index (χ2v) is 3.23. The second kappa shape index (κ2) is 3.38. The lowest BCUT2D eigenvalue weighted by Crippen LogP contribution is -1.90. The van der Waals surface area contributed by atoms with Crippen molar-refractivity contribution in [2.24, 2.45) is 0 Å². The minimum atomic E-state index is 0.621. The van der Waals surface area contributed by atoms with Gasteiger partial charge in [-0.3, -0.25) is 4.98 Å². The van der Waals surface area contributed by atoms with Crippen molar-refractivity contribution in [3.8, 4) is 5.75 Å². The Labute approximate surface area is 83.8 Å². The van der Waals surface area contributed by atoms with Gasteiger partial charge in [0.15, 0.2) is 11.3 Å². The molecule has 0 aliphatic carbocycles. The average Bonchev–Trinajstić information content (AvgIpc) is 2.44. The highest BCUT2D eigenvalue weighted by atomic mass is 79.9. The molecule has 4 heteroatoms. The Hall–Kier alpha value is -1.03. The molecular formula is C9H8BrNO2. The maximum absolute atomic E-state index is 5.42. The highest BCUT2D eigenvalue weighted by Gasteiger charge is 2.12. The van der Waals surface area contributed by atoms with Gasteiger partial charge in [-0.25, -0.2) is 0 Å². The van der Waals surface area contributed by atoms with Gasteiger partial charge in [-0.05, 0) is 28.9 Å². The molecule has 3 nitrogen and oxygen atoms in total. The molecule has 0 saturated carbocycles. The monoisotopic (exact) mass is 241 g/mol. The summed E-state index contributed by atoms with van der Waals surface area (Å²) in [5.74, 6) is 0.750. The summed E-state index contributed by atoms with van der Waals surface area (Å²) in [6.45, 7) is 2.56. The summed E-state index contributed by atoms with van der Waals surface area (Å²) >= 11 is 3.29. The molecule has 2 aromatic heterocycles. The Bertz CT molecular complexity index is 424. The van der Waals surface area contributed by atoms with Gasteiger partial charge in [0.25, 0.3) is 0 Å². The Morgan fingerprint density at radius 3 is 3.23 bits per heavy atom. The molecule has 0 saturated heterocycles. The first kappa shape index (κ1) is 8.56. The lowest BCUT2D eigenvalue weighted by molar-refractivity contribution is 0.334. The van der Waals surface area contributed by atoms with Crippen LogP contribution in [0.3, 0.4) is 0 Å². The Balaban J connectivity index is 2.64. The van der Waals surface area contributed by atoms with Gasteiger partial charge in [-0.15, -0.1) is 0 Å². The molecular weight excluding hydrogens is 234 g/mol. The second-order valence-electron chi connectivity index (χ2n) is 2.51. The summed E-state index contributed by atoms with van der Waals surface area (Å²) in [4.78, 5) is 3.96. The average molecular weight is 242 g/mol. The Morgan fingerprint density at radius 1 is 1.62 bits per heavy atom. The summed E-state index contributed by atoms with van der Waals surface area (Å²) in [5, 5.41) is 0.948. The van der Waals surface area contributed by atoms with E-state index in [1.165, 1.54) is 0 Å². The molecule has 68 valence electrons. The van der Waals surface area contributed by atoms with E-state index in [9.17, 15) is 0 Å². The molecule has 0 aromatic carbocycles. The summed E-state index contributed by atoms with van der Waals surface area (Å²) in [6.07, 6.45) is 3.38. The third-order valence-electron chi connectivity index (χ3n) is 1.70. The van der Waals surface area contributed by atoms with E-state index >= 15 is 0 Å². The van der Waals surface area contributed by atoms with Gasteiger partial charge in [0.05, 0.1) is 18.2 Å². The first-order valence-corrected chi connectivity index (χ1v) is 4.77. The molecule has 0 spiro atoms. The summed E-state index contributed by atoms with van der Waals surface area (Å²) in [6, 6.07) is 1.87. The Kier molecular flexibility index (Phi) is 2.22. The summed E-state index contributed by atoms with van der Waals surface area (Å²) in [7, 11) is 0. The van der Waals surface area contributed by atoms with Crippen LogP contribution in [-0.2, 0) is 0 Å². The molecule has 0 radical (unpaired) electrons. The number of pyridine rings is 1. The zero-order valence-corrected chi connectivity index (χ0v) is 8.67. The van der Waals surface area contributed by atoms with Crippen LogP contribution >= 0.6 is 15.9 Å². The van der Waals surface area contributed by atoms with Crippen molar-refractivity contribution in [1.82, 2.24) is 4.98 Å². The minimum Gasteiger partial charge on any atom is -0.489 e. The zero-order chi connectivity index (χ0) is 9.26. The minimum absolute atomic E-state index is 0.621. The molecule has 2 heterocycles. The van der Waals surface area contributed by atoms with Crippen molar-refractivity contribution < 1.29 is 9.15 Å². The number of halogens is 1. The quantitative estimate of drug-likeness (QED) is 0.811.